The van der Waals surface area contributed by atoms with Gasteiger partial charge in [0, 0.05) is 25.3 Å². The molecule has 1 rings (SSSR count). The summed E-state index contributed by atoms with van der Waals surface area (Å²) in [6, 6.07) is 0. The molecule has 0 saturated carbocycles. The number of hydrogen-bond acceptors (Lipinski definition) is 3. The van der Waals surface area contributed by atoms with Gasteiger partial charge in [-0.15, -0.1) is 0 Å². The Morgan fingerprint density at radius 1 is 1.35 bits per heavy atom. The van der Waals surface area contributed by atoms with Crippen LogP contribution in [0.15, 0.2) is 0 Å². The van der Waals surface area contributed by atoms with E-state index in [1.165, 1.54) is 0 Å². The van der Waals surface area contributed by atoms with E-state index < -0.39 is 5.41 Å². The van der Waals surface area contributed by atoms with E-state index in [1.54, 1.807) is 0 Å². The molecule has 0 bridgehead atoms. The molecular formula is C13H26N2O2. The summed E-state index contributed by atoms with van der Waals surface area (Å²) in [4.78, 5) is 12.4. The molecule has 17 heavy (non-hydrogen) atoms. The van der Waals surface area contributed by atoms with E-state index in [-0.39, 0.29) is 11.4 Å². The molecule has 4 nitrogen and oxygen atoms in total. The molecule has 1 aliphatic heterocycles. The number of carbonyl (C=O) groups excluding carboxylic acids is 1. The summed E-state index contributed by atoms with van der Waals surface area (Å²) in [6.07, 6.45) is 3.34. The average Bonchev–Trinajstić information content (AvgIpc) is 2.39. The highest BCUT2D eigenvalue weighted by Crippen LogP contribution is 2.30. The van der Waals surface area contributed by atoms with Gasteiger partial charge in [0.15, 0.2) is 0 Å². The molecule has 4 heteroatoms. The molecule has 0 radical (unpaired) electrons. The van der Waals surface area contributed by atoms with E-state index in [1.807, 2.05) is 0 Å². The van der Waals surface area contributed by atoms with Crippen molar-refractivity contribution in [3.8, 4) is 0 Å². The van der Waals surface area contributed by atoms with Crippen LogP contribution in [0.5, 0.6) is 0 Å². The Morgan fingerprint density at radius 3 is 2.29 bits per heavy atom. The Morgan fingerprint density at radius 2 is 1.88 bits per heavy atom. The normalized spacial score (nSPS) is 20.0. The van der Waals surface area contributed by atoms with Crippen LogP contribution < -0.4 is 11.1 Å². The highest BCUT2D eigenvalue weighted by molar-refractivity contribution is 5.83. The van der Waals surface area contributed by atoms with Crippen molar-refractivity contribution in [1.29, 1.82) is 0 Å². The van der Waals surface area contributed by atoms with Gasteiger partial charge in [-0.05, 0) is 32.6 Å². The Bertz CT molecular complexity index is 256. The van der Waals surface area contributed by atoms with E-state index >= 15 is 0 Å². The Kier molecular flexibility index (Phi) is 4.95. The number of rotatable bonds is 5. The lowest BCUT2D eigenvalue weighted by molar-refractivity contribution is -0.138. The number of carbonyl (C=O) groups is 1. The molecule has 100 valence electrons. The van der Waals surface area contributed by atoms with Gasteiger partial charge in [-0.25, -0.2) is 0 Å². The molecule has 1 fully saturated rings. The van der Waals surface area contributed by atoms with Crippen LogP contribution in [0.3, 0.4) is 0 Å². The molecule has 3 N–H and O–H groups in total. The van der Waals surface area contributed by atoms with E-state index in [0.717, 1.165) is 25.7 Å². The number of nitrogens with two attached hydrogens (primary N) is 1. The van der Waals surface area contributed by atoms with Gasteiger partial charge in [0.25, 0.3) is 0 Å². The smallest absolute Gasteiger partial charge is 0.228 e. The lowest BCUT2D eigenvalue weighted by atomic mass is 9.78. The first-order chi connectivity index (χ1) is 8.02. The largest absolute Gasteiger partial charge is 0.381 e. The highest BCUT2D eigenvalue weighted by Gasteiger charge is 2.40. The molecular weight excluding hydrogens is 216 g/mol. The van der Waals surface area contributed by atoms with Crippen LogP contribution in [-0.2, 0) is 9.53 Å². The molecule has 0 atom stereocenters. The van der Waals surface area contributed by atoms with Crippen molar-refractivity contribution in [3.05, 3.63) is 0 Å². The van der Waals surface area contributed by atoms with E-state index in [9.17, 15) is 4.79 Å². The fourth-order valence-electron chi connectivity index (χ4n) is 2.12. The zero-order chi connectivity index (χ0) is 12.9. The minimum Gasteiger partial charge on any atom is -0.381 e. The van der Waals surface area contributed by atoms with Crippen molar-refractivity contribution < 1.29 is 9.53 Å². The molecule has 1 aliphatic rings. The van der Waals surface area contributed by atoms with Gasteiger partial charge in [0.2, 0.25) is 5.91 Å². The topological polar surface area (TPSA) is 64.4 Å². The lowest BCUT2D eigenvalue weighted by Gasteiger charge is -2.38. The van der Waals surface area contributed by atoms with Crippen molar-refractivity contribution in [2.24, 2.45) is 11.1 Å². The predicted molar refractivity (Wildman–Crippen MR) is 68.7 cm³/mol. The van der Waals surface area contributed by atoms with Gasteiger partial charge in [-0.1, -0.05) is 13.8 Å². The molecule has 0 aromatic heterocycles. The van der Waals surface area contributed by atoms with Crippen LogP contribution in [0.1, 0.15) is 46.5 Å². The lowest BCUT2D eigenvalue weighted by Crippen LogP contribution is -2.55. The second-order valence-electron chi connectivity index (χ2n) is 5.32. The number of nitrogens with one attached hydrogen (secondary N) is 1. The van der Waals surface area contributed by atoms with Gasteiger partial charge in [0.1, 0.15) is 0 Å². The Balaban J connectivity index is 2.72. The first kappa shape index (κ1) is 14.5. The minimum atomic E-state index is -0.413. The van der Waals surface area contributed by atoms with Crippen LogP contribution in [0.4, 0.5) is 0 Å². The van der Waals surface area contributed by atoms with Crippen molar-refractivity contribution in [2.45, 2.75) is 52.0 Å². The van der Waals surface area contributed by atoms with Crippen molar-refractivity contribution in [3.63, 3.8) is 0 Å². The number of amides is 1. The summed E-state index contributed by atoms with van der Waals surface area (Å²) in [5.74, 6) is 0.106. The molecule has 0 aromatic carbocycles. The first-order valence-corrected chi connectivity index (χ1v) is 6.62. The third kappa shape index (κ3) is 3.19. The van der Waals surface area contributed by atoms with Crippen LogP contribution in [0.25, 0.3) is 0 Å². The second kappa shape index (κ2) is 5.83. The summed E-state index contributed by atoms with van der Waals surface area (Å²) in [5.41, 5.74) is 5.30. The number of hydrogen-bond donors (Lipinski definition) is 2. The van der Waals surface area contributed by atoms with Gasteiger partial charge < -0.3 is 15.8 Å². The third-order valence-electron chi connectivity index (χ3n) is 4.30. The van der Waals surface area contributed by atoms with Gasteiger partial charge in [-0.2, -0.15) is 0 Å². The maximum atomic E-state index is 12.4. The SMILES string of the molecule is CCC(C)(CC)NC(=O)C1(CN)CCOCC1. The van der Waals surface area contributed by atoms with Crippen LogP contribution in [0, 0.1) is 5.41 Å². The quantitative estimate of drug-likeness (QED) is 0.766. The van der Waals surface area contributed by atoms with E-state index in [0.29, 0.717) is 19.8 Å². The average molecular weight is 242 g/mol. The summed E-state index contributed by atoms with van der Waals surface area (Å²) >= 11 is 0. The van der Waals surface area contributed by atoms with Crippen molar-refractivity contribution >= 4 is 5.91 Å². The van der Waals surface area contributed by atoms with Gasteiger partial charge >= 0.3 is 0 Å². The fourth-order valence-corrected chi connectivity index (χ4v) is 2.12. The van der Waals surface area contributed by atoms with E-state index in [4.69, 9.17) is 10.5 Å². The zero-order valence-corrected chi connectivity index (χ0v) is 11.3. The highest BCUT2D eigenvalue weighted by atomic mass is 16.5. The van der Waals surface area contributed by atoms with Crippen molar-refractivity contribution in [1.82, 2.24) is 5.32 Å². The third-order valence-corrected chi connectivity index (χ3v) is 4.30. The maximum Gasteiger partial charge on any atom is 0.228 e. The molecule has 1 heterocycles. The van der Waals surface area contributed by atoms with Gasteiger partial charge in [-0.3, -0.25) is 4.79 Å². The minimum absolute atomic E-state index is 0.106. The van der Waals surface area contributed by atoms with Crippen LogP contribution >= 0.6 is 0 Å². The molecule has 0 aromatic rings. The molecule has 0 aliphatic carbocycles. The summed E-state index contributed by atoms with van der Waals surface area (Å²) < 4.78 is 5.32. The summed E-state index contributed by atoms with van der Waals surface area (Å²) in [6.45, 7) is 7.98. The fraction of sp³-hybridized carbons (Fsp3) is 0.923. The Hall–Kier alpha value is -0.610. The van der Waals surface area contributed by atoms with Gasteiger partial charge in [0.05, 0.1) is 5.41 Å². The maximum absolute atomic E-state index is 12.4. The standard InChI is InChI=1S/C13H26N2O2/c1-4-12(3,5-2)15-11(16)13(10-14)6-8-17-9-7-13/h4-10,14H2,1-3H3,(H,15,16). The molecule has 0 spiro atoms. The zero-order valence-electron chi connectivity index (χ0n) is 11.3. The summed E-state index contributed by atoms with van der Waals surface area (Å²) in [7, 11) is 0. The predicted octanol–water partition coefficient (Wildman–Crippen LogP) is 1.44. The van der Waals surface area contributed by atoms with Crippen LogP contribution in [-0.4, -0.2) is 31.2 Å². The second-order valence-corrected chi connectivity index (χ2v) is 5.32. The first-order valence-electron chi connectivity index (χ1n) is 6.62. The monoisotopic (exact) mass is 242 g/mol. The molecule has 1 amide bonds. The number of ether oxygens (including phenoxy) is 1. The van der Waals surface area contributed by atoms with Crippen molar-refractivity contribution in [2.75, 3.05) is 19.8 Å². The molecule has 1 saturated heterocycles. The Labute approximate surface area is 104 Å². The van der Waals surface area contributed by atoms with Crippen LogP contribution in [0.2, 0.25) is 0 Å². The summed E-state index contributed by atoms with van der Waals surface area (Å²) in [5, 5.41) is 3.18. The van der Waals surface area contributed by atoms with E-state index in [2.05, 4.69) is 26.1 Å². The molecule has 0 unspecified atom stereocenters.